The molecule has 2 fully saturated rings. The molecule has 0 aliphatic carbocycles. The fraction of sp³-hybridized carbons (Fsp3) is 0.357. The first kappa shape index (κ1) is 23.4. The van der Waals surface area contributed by atoms with E-state index >= 15 is 0 Å². The van der Waals surface area contributed by atoms with Crippen LogP contribution in [0.25, 0.3) is 10.9 Å². The van der Waals surface area contributed by atoms with Crippen LogP contribution in [0.3, 0.4) is 0 Å². The molecule has 37 heavy (non-hydrogen) atoms. The number of hydrogen-bond acceptors (Lipinski definition) is 9. The van der Waals surface area contributed by atoms with Crippen molar-refractivity contribution in [1.82, 2.24) is 24.8 Å². The van der Waals surface area contributed by atoms with Gasteiger partial charge in [-0.3, -0.25) is 0 Å². The molecular formula is C28H33N9. The lowest BCUT2D eigenvalue weighted by Crippen LogP contribution is -2.44. The maximum atomic E-state index is 4.96. The van der Waals surface area contributed by atoms with E-state index in [2.05, 4.69) is 48.4 Å². The quantitative estimate of drug-likeness (QED) is 0.397. The van der Waals surface area contributed by atoms with Crippen LogP contribution < -0.4 is 20.4 Å². The van der Waals surface area contributed by atoms with Crippen molar-refractivity contribution in [2.24, 2.45) is 0 Å². The summed E-state index contributed by atoms with van der Waals surface area (Å²) < 4.78 is 0. The number of piperidine rings is 1. The summed E-state index contributed by atoms with van der Waals surface area (Å²) in [7, 11) is 2.17. The van der Waals surface area contributed by atoms with Crippen molar-refractivity contribution in [3.63, 3.8) is 0 Å². The van der Waals surface area contributed by atoms with E-state index in [0.717, 1.165) is 79.0 Å². The maximum Gasteiger partial charge on any atom is 0.229 e. The number of hydrogen-bond donors (Lipinski definition) is 2. The highest BCUT2D eigenvalue weighted by Gasteiger charge is 2.19. The van der Waals surface area contributed by atoms with Crippen LogP contribution in [0.2, 0.25) is 0 Å². The number of piperazine rings is 1. The summed E-state index contributed by atoms with van der Waals surface area (Å²) in [6.45, 7) is 6.19. The van der Waals surface area contributed by atoms with Gasteiger partial charge < -0.3 is 25.3 Å². The van der Waals surface area contributed by atoms with Gasteiger partial charge in [-0.2, -0.15) is 4.98 Å². The third-order valence-electron chi connectivity index (χ3n) is 7.12. The van der Waals surface area contributed by atoms with Gasteiger partial charge in [0.2, 0.25) is 5.95 Å². The number of benzene rings is 1. The SMILES string of the molecule is CN1CCN(c2ccc(Nc3cc4c(N5CCCCC5)nc(Nc5ccccc5)nc4cn3)nc2)CC1. The first-order chi connectivity index (χ1) is 18.2. The normalized spacial score (nSPS) is 16.7. The summed E-state index contributed by atoms with van der Waals surface area (Å²) in [5, 5.41) is 7.73. The average Bonchev–Trinajstić information content (AvgIpc) is 2.95. The predicted octanol–water partition coefficient (Wildman–Crippen LogP) is 4.65. The van der Waals surface area contributed by atoms with Gasteiger partial charge in [-0.1, -0.05) is 18.2 Å². The highest BCUT2D eigenvalue weighted by atomic mass is 15.3. The molecule has 2 saturated heterocycles. The number of likely N-dealkylation sites (N-methyl/N-ethyl adjacent to an activating group) is 1. The van der Waals surface area contributed by atoms with E-state index in [-0.39, 0.29) is 0 Å². The molecule has 0 atom stereocenters. The summed E-state index contributed by atoms with van der Waals surface area (Å²) in [4.78, 5) is 26.2. The summed E-state index contributed by atoms with van der Waals surface area (Å²) >= 11 is 0. The molecule has 0 amide bonds. The number of anilines is 6. The summed E-state index contributed by atoms with van der Waals surface area (Å²) in [5.74, 6) is 3.04. The Morgan fingerprint density at radius 3 is 2.24 bits per heavy atom. The standard InChI is InChI=1S/C28H33N9/c1-35-14-16-36(17-15-35)22-10-11-25(29-19-22)33-26-18-23-24(20-30-26)32-28(31-21-8-4-2-5-9-21)34-27(23)37-12-6-3-7-13-37/h2,4-5,8-11,18-20H,3,6-7,12-17H2,1H3,(H,29,30,33)(H,31,32,34). The van der Waals surface area contributed by atoms with Crippen LogP contribution in [0, 0.1) is 0 Å². The maximum absolute atomic E-state index is 4.96. The van der Waals surface area contributed by atoms with Crippen LogP contribution in [-0.2, 0) is 0 Å². The number of rotatable bonds is 6. The molecule has 6 rings (SSSR count). The zero-order valence-corrected chi connectivity index (χ0v) is 21.3. The Kier molecular flexibility index (Phi) is 6.68. The first-order valence-corrected chi connectivity index (χ1v) is 13.1. The highest BCUT2D eigenvalue weighted by molar-refractivity contribution is 5.92. The summed E-state index contributed by atoms with van der Waals surface area (Å²) in [5.41, 5.74) is 2.94. The first-order valence-electron chi connectivity index (χ1n) is 13.1. The van der Waals surface area contributed by atoms with E-state index in [9.17, 15) is 0 Å². The van der Waals surface area contributed by atoms with Crippen LogP contribution in [0.15, 0.2) is 60.9 Å². The van der Waals surface area contributed by atoms with Gasteiger partial charge in [-0.25, -0.2) is 15.0 Å². The van der Waals surface area contributed by atoms with Gasteiger partial charge in [0, 0.05) is 50.3 Å². The molecule has 2 N–H and O–H groups in total. The Morgan fingerprint density at radius 2 is 1.49 bits per heavy atom. The Balaban J connectivity index is 1.27. The van der Waals surface area contributed by atoms with Crippen LogP contribution in [0.1, 0.15) is 19.3 Å². The molecule has 0 radical (unpaired) electrons. The third-order valence-corrected chi connectivity index (χ3v) is 7.12. The zero-order valence-electron chi connectivity index (χ0n) is 21.3. The third kappa shape index (κ3) is 5.41. The number of nitrogens with one attached hydrogen (secondary N) is 2. The topological polar surface area (TPSA) is 85.3 Å². The number of pyridine rings is 2. The lowest BCUT2D eigenvalue weighted by atomic mass is 10.1. The van der Waals surface area contributed by atoms with Crippen LogP contribution >= 0.6 is 0 Å². The van der Waals surface area contributed by atoms with Crippen LogP contribution in [-0.4, -0.2) is 71.2 Å². The van der Waals surface area contributed by atoms with Crippen LogP contribution in [0.5, 0.6) is 0 Å². The van der Waals surface area contributed by atoms with Gasteiger partial charge in [0.15, 0.2) is 0 Å². The number of fused-ring (bicyclic) bond motifs is 1. The van der Waals surface area contributed by atoms with Gasteiger partial charge in [-0.15, -0.1) is 0 Å². The predicted molar refractivity (Wildman–Crippen MR) is 150 cm³/mol. The van der Waals surface area contributed by atoms with Crippen molar-refractivity contribution < 1.29 is 0 Å². The molecule has 9 nitrogen and oxygen atoms in total. The molecule has 9 heteroatoms. The molecule has 0 unspecified atom stereocenters. The van der Waals surface area contributed by atoms with Crippen molar-refractivity contribution in [2.75, 3.05) is 66.7 Å². The summed E-state index contributed by atoms with van der Waals surface area (Å²) in [6.07, 6.45) is 7.37. The van der Waals surface area contributed by atoms with Crippen molar-refractivity contribution in [1.29, 1.82) is 0 Å². The fourth-order valence-electron chi connectivity index (χ4n) is 4.98. The van der Waals surface area contributed by atoms with E-state index in [4.69, 9.17) is 9.97 Å². The van der Waals surface area contributed by atoms with Crippen molar-refractivity contribution >= 4 is 45.7 Å². The Bertz CT molecular complexity index is 1330. The molecule has 4 aromatic rings. The minimum absolute atomic E-state index is 0.586. The average molecular weight is 496 g/mol. The zero-order chi connectivity index (χ0) is 25.0. The molecule has 5 heterocycles. The van der Waals surface area contributed by atoms with Crippen molar-refractivity contribution in [3.05, 3.63) is 60.9 Å². The van der Waals surface area contributed by atoms with E-state index < -0.39 is 0 Å². The molecular weight excluding hydrogens is 462 g/mol. The lowest BCUT2D eigenvalue weighted by Gasteiger charge is -2.33. The molecule has 0 spiro atoms. The van der Waals surface area contributed by atoms with E-state index in [1.54, 1.807) is 0 Å². The second-order valence-corrected chi connectivity index (χ2v) is 9.81. The Morgan fingerprint density at radius 1 is 0.703 bits per heavy atom. The van der Waals surface area contributed by atoms with Crippen molar-refractivity contribution in [2.45, 2.75) is 19.3 Å². The highest BCUT2D eigenvalue weighted by Crippen LogP contribution is 2.30. The lowest BCUT2D eigenvalue weighted by molar-refractivity contribution is 0.313. The monoisotopic (exact) mass is 495 g/mol. The van der Waals surface area contributed by atoms with E-state index in [1.807, 2.05) is 54.9 Å². The molecule has 2 aliphatic heterocycles. The Labute approximate surface area is 217 Å². The Hall–Kier alpha value is -3.98. The largest absolute Gasteiger partial charge is 0.368 e. The molecule has 3 aromatic heterocycles. The minimum Gasteiger partial charge on any atom is -0.368 e. The van der Waals surface area contributed by atoms with E-state index in [1.165, 1.54) is 19.3 Å². The second kappa shape index (κ2) is 10.6. The molecule has 190 valence electrons. The van der Waals surface area contributed by atoms with Gasteiger partial charge in [0.25, 0.3) is 0 Å². The number of nitrogens with zero attached hydrogens (tertiary/aromatic N) is 7. The molecule has 0 bridgehead atoms. The molecule has 2 aliphatic rings. The smallest absolute Gasteiger partial charge is 0.229 e. The van der Waals surface area contributed by atoms with Gasteiger partial charge in [0.05, 0.1) is 23.6 Å². The molecule has 1 aromatic carbocycles. The number of para-hydroxylation sites is 1. The van der Waals surface area contributed by atoms with Crippen molar-refractivity contribution in [3.8, 4) is 0 Å². The molecule has 0 saturated carbocycles. The van der Waals surface area contributed by atoms with E-state index in [0.29, 0.717) is 5.95 Å². The number of aromatic nitrogens is 4. The fourth-order valence-corrected chi connectivity index (χ4v) is 4.98. The van der Waals surface area contributed by atoms with Gasteiger partial charge >= 0.3 is 0 Å². The second-order valence-electron chi connectivity index (χ2n) is 9.81. The minimum atomic E-state index is 0.586. The summed E-state index contributed by atoms with van der Waals surface area (Å²) in [6, 6.07) is 16.2. The van der Waals surface area contributed by atoms with Gasteiger partial charge in [0.1, 0.15) is 17.5 Å². The van der Waals surface area contributed by atoms with Crippen LogP contribution in [0.4, 0.5) is 34.8 Å². The van der Waals surface area contributed by atoms with Gasteiger partial charge in [-0.05, 0) is 56.6 Å².